The predicted molar refractivity (Wildman–Crippen MR) is 88.5 cm³/mol. The molecule has 5 heteroatoms. The lowest BCUT2D eigenvalue weighted by Crippen LogP contribution is -2.48. The minimum Gasteiger partial charge on any atom is -0.481 e. The van der Waals surface area contributed by atoms with Gasteiger partial charge in [0.25, 0.3) is 0 Å². The van der Waals surface area contributed by atoms with Gasteiger partial charge in [-0.2, -0.15) is 0 Å². The third kappa shape index (κ3) is 5.45. The Bertz CT molecular complexity index is 363. The molecule has 0 aliphatic rings. The zero-order chi connectivity index (χ0) is 17.1. The molecule has 1 atom stereocenters. The van der Waals surface area contributed by atoms with Gasteiger partial charge in [-0.3, -0.25) is 9.59 Å². The van der Waals surface area contributed by atoms with Gasteiger partial charge in [-0.05, 0) is 16.5 Å². The van der Waals surface area contributed by atoms with E-state index in [0.717, 1.165) is 12.5 Å². The minimum absolute atomic E-state index is 0.233. The van der Waals surface area contributed by atoms with Crippen LogP contribution in [0.1, 0.15) is 60.8 Å². The Morgan fingerprint density at radius 3 is 1.71 bits per heavy atom. The van der Waals surface area contributed by atoms with Gasteiger partial charge < -0.3 is 10.2 Å². The zero-order valence-electron chi connectivity index (χ0n) is 14.6. The van der Waals surface area contributed by atoms with Gasteiger partial charge in [0, 0.05) is 0 Å². The summed E-state index contributed by atoms with van der Waals surface area (Å²) >= 11 is 0. The lowest BCUT2D eigenvalue weighted by atomic mass is 10.0. The van der Waals surface area contributed by atoms with Crippen LogP contribution >= 0.6 is 0 Å². The highest BCUT2D eigenvalue weighted by atomic mass is 28.3. The molecule has 0 aromatic heterocycles. The summed E-state index contributed by atoms with van der Waals surface area (Å²) in [5.41, 5.74) is 0. The lowest BCUT2D eigenvalue weighted by Gasteiger charge is -2.50. The lowest BCUT2D eigenvalue weighted by molar-refractivity contribution is -0.148. The van der Waals surface area contributed by atoms with Crippen molar-refractivity contribution in [3.8, 4) is 0 Å². The van der Waals surface area contributed by atoms with Crippen molar-refractivity contribution in [1.29, 1.82) is 0 Å². The number of aliphatic carboxylic acids is 2. The Balaban J connectivity index is 4.86. The maximum Gasteiger partial charge on any atom is 0.307 e. The van der Waals surface area contributed by atoms with Gasteiger partial charge in [-0.15, -0.1) is 0 Å². The molecule has 0 aromatic rings. The van der Waals surface area contributed by atoms with Crippen molar-refractivity contribution in [2.45, 2.75) is 83.5 Å². The molecular weight excluding hydrogens is 284 g/mol. The molecule has 1 unspecified atom stereocenters. The average molecular weight is 317 g/mol. The molecule has 0 saturated heterocycles. The van der Waals surface area contributed by atoms with E-state index in [-0.39, 0.29) is 16.5 Å². The first-order valence-corrected chi connectivity index (χ1v) is 10.4. The third-order valence-corrected chi connectivity index (χ3v) is 13.3. The Kier molecular flexibility index (Phi) is 6.67. The number of carboxylic acid groups (broad SMARTS) is 2. The quantitative estimate of drug-likeness (QED) is 0.672. The van der Waals surface area contributed by atoms with Crippen LogP contribution in [0.3, 0.4) is 0 Å². The number of hydrogen-bond acceptors (Lipinski definition) is 2. The molecule has 0 aromatic carbocycles. The molecule has 0 heterocycles. The van der Waals surface area contributed by atoms with Gasteiger partial charge in [0.1, 0.15) is 0 Å². The molecular formula is C16H32O4Si. The summed E-state index contributed by atoms with van der Waals surface area (Å²) in [6.07, 6.45) is 0.969. The van der Waals surface area contributed by atoms with Crippen molar-refractivity contribution < 1.29 is 19.8 Å². The fourth-order valence-electron chi connectivity index (χ4n) is 3.10. The topological polar surface area (TPSA) is 74.6 Å². The molecule has 0 rings (SSSR count). The largest absolute Gasteiger partial charge is 0.481 e. The summed E-state index contributed by atoms with van der Waals surface area (Å²) in [6, 6.07) is 1.03. The first-order valence-electron chi connectivity index (χ1n) is 7.67. The first-order chi connectivity index (χ1) is 9.22. The van der Waals surface area contributed by atoms with Crippen LogP contribution in [0, 0.1) is 5.92 Å². The molecule has 0 spiro atoms. The zero-order valence-corrected chi connectivity index (χ0v) is 15.6. The van der Waals surface area contributed by atoms with Crippen LogP contribution in [0.25, 0.3) is 0 Å². The SMILES string of the molecule is CC(C)(C)[Si](C)(CCCC(CC(=O)O)C(=O)O)C(C)(C)C. The van der Waals surface area contributed by atoms with Crippen LogP contribution in [-0.4, -0.2) is 30.2 Å². The number of carbonyl (C=O) groups is 2. The molecule has 0 amide bonds. The Morgan fingerprint density at radius 1 is 1.00 bits per heavy atom. The van der Waals surface area contributed by atoms with Crippen LogP contribution in [-0.2, 0) is 9.59 Å². The van der Waals surface area contributed by atoms with Crippen molar-refractivity contribution in [2.24, 2.45) is 5.92 Å². The van der Waals surface area contributed by atoms with Gasteiger partial charge in [0.15, 0.2) is 0 Å². The van der Waals surface area contributed by atoms with E-state index in [1.165, 1.54) is 0 Å². The molecule has 124 valence electrons. The predicted octanol–water partition coefficient (Wildman–Crippen LogP) is 4.62. The fourth-order valence-corrected chi connectivity index (χ4v) is 7.76. The highest BCUT2D eigenvalue weighted by Gasteiger charge is 2.47. The van der Waals surface area contributed by atoms with Crippen molar-refractivity contribution in [1.82, 2.24) is 0 Å². The van der Waals surface area contributed by atoms with Gasteiger partial charge in [-0.25, -0.2) is 0 Å². The summed E-state index contributed by atoms with van der Waals surface area (Å²) in [6.45, 7) is 16.0. The maximum atomic E-state index is 11.1. The summed E-state index contributed by atoms with van der Waals surface area (Å²) < 4.78 is 0. The highest BCUT2D eigenvalue weighted by Crippen LogP contribution is 2.53. The minimum atomic E-state index is -1.63. The molecule has 2 N–H and O–H groups in total. The summed E-state index contributed by atoms with van der Waals surface area (Å²) in [5, 5.41) is 18.4. The van der Waals surface area contributed by atoms with Gasteiger partial charge in [0.2, 0.25) is 0 Å². The second-order valence-corrected chi connectivity index (χ2v) is 14.5. The number of rotatable bonds is 7. The highest BCUT2D eigenvalue weighted by molar-refractivity contribution is 6.83. The molecule has 0 aliphatic carbocycles. The average Bonchev–Trinajstić information content (AvgIpc) is 2.23. The van der Waals surface area contributed by atoms with E-state index < -0.39 is 25.9 Å². The Labute approximate surface area is 130 Å². The smallest absolute Gasteiger partial charge is 0.307 e. The summed E-state index contributed by atoms with van der Waals surface area (Å²) in [4.78, 5) is 21.9. The van der Waals surface area contributed by atoms with Crippen LogP contribution in [0.2, 0.25) is 22.7 Å². The third-order valence-electron chi connectivity index (χ3n) is 5.31. The van der Waals surface area contributed by atoms with E-state index in [1.54, 1.807) is 0 Å². The summed E-state index contributed by atoms with van der Waals surface area (Å²) in [5.74, 6) is -2.79. The monoisotopic (exact) mass is 316 g/mol. The second kappa shape index (κ2) is 6.94. The first kappa shape index (κ1) is 20.2. The maximum absolute atomic E-state index is 11.1. The molecule has 4 nitrogen and oxygen atoms in total. The van der Waals surface area contributed by atoms with E-state index >= 15 is 0 Å². The second-order valence-electron chi connectivity index (χ2n) is 8.36. The van der Waals surface area contributed by atoms with Crippen molar-refractivity contribution in [3.63, 3.8) is 0 Å². The Hall–Kier alpha value is -0.843. The van der Waals surface area contributed by atoms with Crippen LogP contribution < -0.4 is 0 Å². The number of carboxylic acids is 2. The molecule has 0 aliphatic heterocycles. The van der Waals surface area contributed by atoms with Gasteiger partial charge >= 0.3 is 11.9 Å². The molecule has 0 bridgehead atoms. The van der Waals surface area contributed by atoms with Crippen molar-refractivity contribution in [3.05, 3.63) is 0 Å². The van der Waals surface area contributed by atoms with Gasteiger partial charge in [0.05, 0.1) is 20.4 Å². The number of hydrogen-bond donors (Lipinski definition) is 2. The van der Waals surface area contributed by atoms with E-state index in [1.807, 2.05) is 0 Å². The van der Waals surface area contributed by atoms with Crippen LogP contribution in [0.4, 0.5) is 0 Å². The van der Waals surface area contributed by atoms with Crippen molar-refractivity contribution >= 4 is 20.0 Å². The standard InChI is InChI=1S/C16H32O4Si/c1-15(2,3)21(7,16(4,5)6)10-8-9-12(14(19)20)11-13(17)18/h12H,8-11H2,1-7H3,(H,17,18)(H,19,20). The van der Waals surface area contributed by atoms with Crippen molar-refractivity contribution in [2.75, 3.05) is 0 Å². The molecule has 0 saturated carbocycles. The van der Waals surface area contributed by atoms with Gasteiger partial charge in [-0.1, -0.05) is 60.6 Å². The van der Waals surface area contributed by atoms with E-state index in [4.69, 9.17) is 10.2 Å². The molecule has 0 fully saturated rings. The Morgan fingerprint density at radius 2 is 1.43 bits per heavy atom. The van der Waals surface area contributed by atoms with E-state index in [2.05, 4.69) is 48.1 Å². The van der Waals surface area contributed by atoms with E-state index in [0.29, 0.717) is 6.42 Å². The normalized spacial score (nSPS) is 14.8. The molecule has 21 heavy (non-hydrogen) atoms. The van der Waals surface area contributed by atoms with Crippen LogP contribution in [0.5, 0.6) is 0 Å². The summed E-state index contributed by atoms with van der Waals surface area (Å²) in [7, 11) is -1.63. The molecule has 0 radical (unpaired) electrons. The van der Waals surface area contributed by atoms with E-state index in [9.17, 15) is 9.59 Å². The van der Waals surface area contributed by atoms with Crippen LogP contribution in [0.15, 0.2) is 0 Å². The fraction of sp³-hybridized carbons (Fsp3) is 0.875.